The SMILES string of the molecule is CN1C(=NC2CCCCCC2)SCC1CC(=O)Nc1cc([N+](=O)[O-])ccc1F. The number of nitrogens with one attached hydrogen (secondary N) is 1. The summed E-state index contributed by atoms with van der Waals surface area (Å²) in [6.45, 7) is 0. The van der Waals surface area contributed by atoms with Crippen LogP contribution in [-0.4, -0.2) is 45.8 Å². The molecular formula is C19H25FN4O3S. The van der Waals surface area contributed by atoms with E-state index in [-0.39, 0.29) is 29.7 Å². The van der Waals surface area contributed by atoms with Crippen molar-refractivity contribution in [1.29, 1.82) is 0 Å². The second kappa shape index (κ2) is 9.36. The molecule has 152 valence electrons. The minimum absolute atomic E-state index is 0.0312. The molecule has 1 atom stereocenters. The summed E-state index contributed by atoms with van der Waals surface area (Å²) in [5.74, 6) is -0.316. The van der Waals surface area contributed by atoms with E-state index in [4.69, 9.17) is 4.99 Å². The van der Waals surface area contributed by atoms with Gasteiger partial charge >= 0.3 is 0 Å². The van der Waals surface area contributed by atoms with E-state index in [1.54, 1.807) is 11.8 Å². The number of thioether (sulfide) groups is 1. The first-order valence-electron chi connectivity index (χ1n) is 9.61. The van der Waals surface area contributed by atoms with Gasteiger partial charge in [-0.05, 0) is 18.9 Å². The topological polar surface area (TPSA) is 87.8 Å². The maximum atomic E-state index is 13.9. The van der Waals surface area contributed by atoms with E-state index in [0.29, 0.717) is 6.04 Å². The van der Waals surface area contributed by atoms with Gasteiger partial charge in [0.25, 0.3) is 5.69 Å². The molecule has 0 bridgehead atoms. The molecule has 2 aliphatic rings. The Balaban J connectivity index is 1.59. The number of hydrogen-bond donors (Lipinski definition) is 1. The summed E-state index contributed by atoms with van der Waals surface area (Å²) in [4.78, 5) is 29.5. The Morgan fingerprint density at radius 2 is 2.07 bits per heavy atom. The lowest BCUT2D eigenvalue weighted by molar-refractivity contribution is -0.384. The molecular weight excluding hydrogens is 383 g/mol. The summed E-state index contributed by atoms with van der Waals surface area (Å²) >= 11 is 1.65. The number of halogens is 1. The largest absolute Gasteiger partial charge is 0.350 e. The maximum Gasteiger partial charge on any atom is 0.271 e. The lowest BCUT2D eigenvalue weighted by atomic mass is 10.1. The van der Waals surface area contributed by atoms with Gasteiger partial charge in [-0.3, -0.25) is 19.9 Å². The van der Waals surface area contributed by atoms with Gasteiger partial charge in [-0.25, -0.2) is 4.39 Å². The van der Waals surface area contributed by atoms with Gasteiger partial charge in [-0.2, -0.15) is 0 Å². The lowest BCUT2D eigenvalue weighted by Gasteiger charge is -2.21. The molecule has 1 saturated carbocycles. The van der Waals surface area contributed by atoms with E-state index in [0.717, 1.165) is 42.0 Å². The summed E-state index contributed by atoms with van der Waals surface area (Å²) in [7, 11) is 1.93. The molecule has 1 N–H and O–H groups in total. The fourth-order valence-electron chi connectivity index (χ4n) is 3.55. The number of nitrogens with zero attached hydrogens (tertiary/aromatic N) is 3. The first kappa shape index (κ1) is 20.6. The van der Waals surface area contributed by atoms with Crippen molar-refractivity contribution in [2.24, 2.45) is 4.99 Å². The van der Waals surface area contributed by atoms with Crippen LogP contribution in [-0.2, 0) is 4.79 Å². The smallest absolute Gasteiger partial charge is 0.271 e. The molecule has 9 heteroatoms. The van der Waals surface area contributed by atoms with Crippen LogP contribution in [0.1, 0.15) is 44.9 Å². The molecule has 7 nitrogen and oxygen atoms in total. The number of rotatable bonds is 5. The molecule has 1 aromatic rings. The number of non-ortho nitro benzene ring substituents is 1. The van der Waals surface area contributed by atoms with E-state index < -0.39 is 10.7 Å². The standard InChI is InChI=1S/C19H25FN4O3S/c1-23-15(12-28-19(23)21-13-6-4-2-3-5-7-13)11-18(25)22-17-10-14(24(26)27)8-9-16(17)20/h8-10,13,15H,2-7,11-12H2,1H3,(H,22,25). The van der Waals surface area contributed by atoms with Crippen molar-refractivity contribution in [3.63, 3.8) is 0 Å². The van der Waals surface area contributed by atoms with Crippen LogP contribution in [0.3, 0.4) is 0 Å². The van der Waals surface area contributed by atoms with Gasteiger partial charge in [0.05, 0.1) is 16.7 Å². The monoisotopic (exact) mass is 408 g/mol. The molecule has 0 aromatic heterocycles. The molecule has 1 aliphatic heterocycles. The van der Waals surface area contributed by atoms with Crippen LogP contribution < -0.4 is 5.32 Å². The number of amides is 1. The van der Waals surface area contributed by atoms with Crippen molar-refractivity contribution < 1.29 is 14.1 Å². The third-order valence-electron chi connectivity index (χ3n) is 5.23. The molecule has 1 amide bonds. The first-order chi connectivity index (χ1) is 13.4. The molecule has 1 heterocycles. The summed E-state index contributed by atoms with van der Waals surface area (Å²) in [5.41, 5.74) is -0.428. The molecule has 1 aromatic carbocycles. The Morgan fingerprint density at radius 3 is 2.75 bits per heavy atom. The summed E-state index contributed by atoms with van der Waals surface area (Å²) in [6.07, 6.45) is 7.41. The lowest BCUT2D eigenvalue weighted by Crippen LogP contribution is -2.34. The zero-order valence-corrected chi connectivity index (χ0v) is 16.7. The van der Waals surface area contributed by atoms with Crippen LogP contribution in [0, 0.1) is 15.9 Å². The van der Waals surface area contributed by atoms with Crippen molar-refractivity contribution >= 4 is 34.2 Å². The number of anilines is 1. The van der Waals surface area contributed by atoms with Crippen LogP contribution in [0.2, 0.25) is 0 Å². The van der Waals surface area contributed by atoms with Gasteiger partial charge in [-0.1, -0.05) is 37.4 Å². The van der Waals surface area contributed by atoms with Crippen LogP contribution in [0.4, 0.5) is 15.8 Å². The Bertz CT molecular complexity index is 766. The summed E-state index contributed by atoms with van der Waals surface area (Å²) in [5, 5.41) is 14.3. The number of hydrogen-bond acceptors (Lipinski definition) is 5. The zero-order chi connectivity index (χ0) is 20.1. The molecule has 28 heavy (non-hydrogen) atoms. The van der Waals surface area contributed by atoms with E-state index in [2.05, 4.69) is 5.32 Å². The normalized spacial score (nSPS) is 22.3. The second-order valence-electron chi connectivity index (χ2n) is 7.31. The number of carbonyl (C=O) groups excluding carboxylic acids is 1. The Hall–Kier alpha value is -2.16. The van der Waals surface area contributed by atoms with Crippen molar-refractivity contribution in [1.82, 2.24) is 4.90 Å². The molecule has 1 saturated heterocycles. The van der Waals surface area contributed by atoms with Gasteiger partial charge in [0.15, 0.2) is 5.17 Å². The van der Waals surface area contributed by atoms with Gasteiger partial charge in [0, 0.05) is 37.4 Å². The van der Waals surface area contributed by atoms with Crippen molar-refractivity contribution in [2.45, 2.75) is 57.0 Å². The number of nitro benzene ring substituents is 1. The van der Waals surface area contributed by atoms with Gasteiger partial charge in [0.1, 0.15) is 5.82 Å². The number of carbonyl (C=O) groups is 1. The van der Waals surface area contributed by atoms with Crippen LogP contribution in [0.25, 0.3) is 0 Å². The van der Waals surface area contributed by atoms with Crippen LogP contribution in [0.5, 0.6) is 0 Å². The van der Waals surface area contributed by atoms with Crippen molar-refractivity contribution in [2.75, 3.05) is 18.1 Å². The van der Waals surface area contributed by atoms with Gasteiger partial charge in [0.2, 0.25) is 5.91 Å². The minimum atomic E-state index is -0.691. The molecule has 1 unspecified atom stereocenters. The highest BCUT2D eigenvalue weighted by Crippen LogP contribution is 2.28. The van der Waals surface area contributed by atoms with Crippen LogP contribution >= 0.6 is 11.8 Å². The fraction of sp³-hybridized carbons (Fsp3) is 0.579. The molecule has 3 rings (SSSR count). The number of benzene rings is 1. The summed E-state index contributed by atoms with van der Waals surface area (Å²) in [6, 6.07) is 3.43. The molecule has 1 aliphatic carbocycles. The average molecular weight is 408 g/mol. The third kappa shape index (κ3) is 5.21. The highest BCUT2D eigenvalue weighted by atomic mass is 32.2. The molecule has 2 fully saturated rings. The van der Waals surface area contributed by atoms with Crippen molar-refractivity contribution in [3.8, 4) is 0 Å². The number of aliphatic imine (C=N–C) groups is 1. The highest BCUT2D eigenvalue weighted by Gasteiger charge is 2.30. The predicted octanol–water partition coefficient (Wildman–Crippen LogP) is 4.19. The molecule has 0 spiro atoms. The second-order valence-corrected chi connectivity index (χ2v) is 8.29. The van der Waals surface area contributed by atoms with E-state index in [9.17, 15) is 19.3 Å². The Morgan fingerprint density at radius 1 is 1.36 bits per heavy atom. The van der Waals surface area contributed by atoms with Crippen molar-refractivity contribution in [3.05, 3.63) is 34.1 Å². The predicted molar refractivity (Wildman–Crippen MR) is 109 cm³/mol. The summed E-state index contributed by atoms with van der Waals surface area (Å²) < 4.78 is 13.9. The number of nitro groups is 1. The number of amidine groups is 1. The molecule has 0 radical (unpaired) electrons. The Labute approximate surface area is 167 Å². The van der Waals surface area contributed by atoms with E-state index in [1.807, 2.05) is 11.9 Å². The maximum absolute atomic E-state index is 13.9. The van der Waals surface area contributed by atoms with E-state index >= 15 is 0 Å². The van der Waals surface area contributed by atoms with Gasteiger partial charge in [-0.15, -0.1) is 0 Å². The average Bonchev–Trinajstić information content (AvgIpc) is 2.86. The minimum Gasteiger partial charge on any atom is -0.350 e. The van der Waals surface area contributed by atoms with E-state index in [1.165, 1.54) is 25.7 Å². The first-order valence-corrected chi connectivity index (χ1v) is 10.6. The third-order valence-corrected chi connectivity index (χ3v) is 6.43. The quantitative estimate of drug-likeness (QED) is 0.448. The van der Waals surface area contributed by atoms with Crippen LogP contribution in [0.15, 0.2) is 23.2 Å². The van der Waals surface area contributed by atoms with Gasteiger partial charge < -0.3 is 10.2 Å². The fourth-order valence-corrected chi connectivity index (χ4v) is 4.80. The Kier molecular flexibility index (Phi) is 6.88. The highest BCUT2D eigenvalue weighted by molar-refractivity contribution is 8.14. The zero-order valence-electron chi connectivity index (χ0n) is 15.9.